The highest BCUT2D eigenvalue weighted by Gasteiger charge is 2.24. The number of aromatic nitrogens is 1. The number of benzene rings is 1. The van der Waals surface area contributed by atoms with Crippen LogP contribution in [0.15, 0.2) is 48.8 Å². The monoisotopic (exact) mass is 281 g/mol. The molecule has 0 atom stereocenters. The molecule has 0 saturated heterocycles. The molecule has 0 radical (unpaired) electrons. The van der Waals surface area contributed by atoms with E-state index in [2.05, 4.69) is 15.6 Å². The van der Waals surface area contributed by atoms with Crippen LogP contribution in [0.2, 0.25) is 0 Å². The molecule has 3 rings (SSSR count). The quantitative estimate of drug-likeness (QED) is 0.882. The first-order valence-corrected chi connectivity index (χ1v) is 7.35. The number of carbonyl (C=O) groups is 1. The molecule has 1 saturated carbocycles. The van der Waals surface area contributed by atoms with Crippen molar-refractivity contribution in [2.24, 2.45) is 5.92 Å². The minimum Gasteiger partial charge on any atom is -0.381 e. The predicted octanol–water partition coefficient (Wildman–Crippen LogP) is 3.43. The first-order chi connectivity index (χ1) is 10.3. The van der Waals surface area contributed by atoms with Crippen LogP contribution < -0.4 is 10.6 Å². The fourth-order valence-electron chi connectivity index (χ4n) is 2.29. The van der Waals surface area contributed by atoms with Crippen LogP contribution in [0, 0.1) is 5.92 Å². The molecular weight excluding hydrogens is 262 g/mol. The summed E-state index contributed by atoms with van der Waals surface area (Å²) >= 11 is 0. The summed E-state index contributed by atoms with van der Waals surface area (Å²) in [6.45, 7) is 0.738. The van der Waals surface area contributed by atoms with E-state index in [9.17, 15) is 4.79 Å². The second-order valence-corrected chi connectivity index (χ2v) is 5.41. The number of anilines is 2. The predicted molar refractivity (Wildman–Crippen MR) is 84.0 cm³/mol. The number of hydrogen-bond acceptors (Lipinski definition) is 3. The van der Waals surface area contributed by atoms with E-state index in [1.165, 1.54) is 6.42 Å². The van der Waals surface area contributed by atoms with E-state index < -0.39 is 0 Å². The number of nitrogens with one attached hydrogen (secondary N) is 2. The summed E-state index contributed by atoms with van der Waals surface area (Å²) in [5, 5.41) is 6.30. The van der Waals surface area contributed by atoms with Crippen LogP contribution in [0.25, 0.3) is 0 Å². The van der Waals surface area contributed by atoms with Crippen molar-refractivity contribution in [3.8, 4) is 0 Å². The normalized spacial score (nSPS) is 14.3. The Kier molecular flexibility index (Phi) is 4.15. The summed E-state index contributed by atoms with van der Waals surface area (Å²) in [6.07, 6.45) is 6.84. The van der Waals surface area contributed by atoms with Gasteiger partial charge in [0.05, 0.1) is 0 Å². The fraction of sp³-hybridized carbons (Fsp3) is 0.294. The summed E-state index contributed by atoms with van der Waals surface area (Å²) in [7, 11) is 0. The molecule has 0 spiro atoms. The Hall–Kier alpha value is -2.36. The third-order valence-electron chi connectivity index (χ3n) is 3.85. The van der Waals surface area contributed by atoms with Crippen LogP contribution in [0.1, 0.15) is 24.8 Å². The SMILES string of the molecule is O=C(Nc1ccc(NCc2cccnc2)cc1)C1CCC1. The number of nitrogens with zero attached hydrogens (tertiary/aromatic N) is 1. The van der Waals surface area contributed by atoms with Crippen molar-refractivity contribution in [3.05, 3.63) is 54.4 Å². The van der Waals surface area contributed by atoms with Crippen LogP contribution in [-0.2, 0) is 11.3 Å². The van der Waals surface area contributed by atoms with Crippen LogP contribution >= 0.6 is 0 Å². The molecule has 4 heteroatoms. The lowest BCUT2D eigenvalue weighted by molar-refractivity contribution is -0.122. The van der Waals surface area contributed by atoms with Gasteiger partial charge in [0.1, 0.15) is 0 Å². The van der Waals surface area contributed by atoms with E-state index in [4.69, 9.17) is 0 Å². The molecule has 0 aliphatic heterocycles. The van der Waals surface area contributed by atoms with Crippen molar-refractivity contribution in [1.82, 2.24) is 4.98 Å². The highest BCUT2D eigenvalue weighted by molar-refractivity contribution is 5.93. The summed E-state index contributed by atoms with van der Waals surface area (Å²) in [5.74, 6) is 0.366. The minimum absolute atomic E-state index is 0.150. The van der Waals surface area contributed by atoms with E-state index in [-0.39, 0.29) is 11.8 Å². The zero-order chi connectivity index (χ0) is 14.5. The first kappa shape index (κ1) is 13.6. The van der Waals surface area contributed by atoms with Crippen LogP contribution in [0.3, 0.4) is 0 Å². The molecule has 1 heterocycles. The van der Waals surface area contributed by atoms with Gasteiger partial charge in [-0.3, -0.25) is 9.78 Å². The van der Waals surface area contributed by atoms with Gasteiger partial charge in [-0.05, 0) is 48.7 Å². The Bertz CT molecular complexity index is 591. The van der Waals surface area contributed by atoms with Crippen LogP contribution in [0.5, 0.6) is 0 Å². The minimum atomic E-state index is 0.150. The second-order valence-electron chi connectivity index (χ2n) is 5.41. The van der Waals surface area contributed by atoms with E-state index >= 15 is 0 Å². The molecular formula is C17H19N3O. The smallest absolute Gasteiger partial charge is 0.227 e. The van der Waals surface area contributed by atoms with Gasteiger partial charge in [0.25, 0.3) is 0 Å². The maximum Gasteiger partial charge on any atom is 0.227 e. The average Bonchev–Trinajstić information content (AvgIpc) is 2.46. The molecule has 1 aromatic heterocycles. The third-order valence-corrected chi connectivity index (χ3v) is 3.85. The lowest BCUT2D eigenvalue weighted by Gasteiger charge is -2.24. The topological polar surface area (TPSA) is 54.0 Å². The molecule has 2 aromatic rings. The molecule has 0 bridgehead atoms. The van der Waals surface area contributed by atoms with Gasteiger partial charge in [0.2, 0.25) is 5.91 Å². The number of hydrogen-bond donors (Lipinski definition) is 2. The maximum absolute atomic E-state index is 11.9. The van der Waals surface area contributed by atoms with Crippen LogP contribution in [-0.4, -0.2) is 10.9 Å². The second kappa shape index (κ2) is 6.39. The van der Waals surface area contributed by atoms with E-state index in [1.54, 1.807) is 6.20 Å². The molecule has 4 nitrogen and oxygen atoms in total. The molecule has 108 valence electrons. The average molecular weight is 281 g/mol. The van der Waals surface area contributed by atoms with E-state index in [1.807, 2.05) is 42.6 Å². The standard InChI is InChI=1S/C17H19N3O/c21-17(14-4-1-5-14)20-16-8-6-15(7-9-16)19-12-13-3-2-10-18-11-13/h2-3,6-11,14,19H,1,4-5,12H2,(H,20,21). The van der Waals surface area contributed by atoms with Gasteiger partial charge in [-0.2, -0.15) is 0 Å². The summed E-state index contributed by atoms with van der Waals surface area (Å²) in [4.78, 5) is 15.9. The summed E-state index contributed by atoms with van der Waals surface area (Å²) < 4.78 is 0. The maximum atomic E-state index is 11.9. The van der Waals surface area contributed by atoms with Crippen molar-refractivity contribution in [1.29, 1.82) is 0 Å². The first-order valence-electron chi connectivity index (χ1n) is 7.35. The number of carbonyl (C=O) groups excluding carboxylic acids is 1. The Balaban J connectivity index is 1.52. The highest BCUT2D eigenvalue weighted by atomic mass is 16.1. The molecule has 2 N–H and O–H groups in total. The van der Waals surface area contributed by atoms with Gasteiger partial charge < -0.3 is 10.6 Å². The van der Waals surface area contributed by atoms with Gasteiger partial charge in [-0.1, -0.05) is 12.5 Å². The Morgan fingerprint density at radius 2 is 1.90 bits per heavy atom. The summed E-state index contributed by atoms with van der Waals surface area (Å²) in [6, 6.07) is 11.8. The fourth-order valence-corrected chi connectivity index (χ4v) is 2.29. The number of pyridine rings is 1. The van der Waals surface area contributed by atoms with Crippen molar-refractivity contribution in [3.63, 3.8) is 0 Å². The van der Waals surface area contributed by atoms with E-state index in [0.717, 1.165) is 36.3 Å². The van der Waals surface area contributed by atoms with Gasteiger partial charge in [-0.25, -0.2) is 0 Å². The van der Waals surface area contributed by atoms with Gasteiger partial charge in [0.15, 0.2) is 0 Å². The molecule has 21 heavy (non-hydrogen) atoms. The van der Waals surface area contributed by atoms with Gasteiger partial charge >= 0.3 is 0 Å². The molecule has 1 amide bonds. The summed E-state index contributed by atoms with van der Waals surface area (Å²) in [5.41, 5.74) is 3.03. The van der Waals surface area contributed by atoms with Gasteiger partial charge in [-0.15, -0.1) is 0 Å². The molecule has 0 unspecified atom stereocenters. The number of amides is 1. The molecule has 1 aliphatic rings. The third kappa shape index (κ3) is 3.60. The van der Waals surface area contributed by atoms with Crippen molar-refractivity contribution >= 4 is 17.3 Å². The Morgan fingerprint density at radius 3 is 2.52 bits per heavy atom. The van der Waals surface area contributed by atoms with Crippen molar-refractivity contribution < 1.29 is 4.79 Å². The molecule has 1 aliphatic carbocycles. The molecule has 1 aromatic carbocycles. The Morgan fingerprint density at radius 1 is 1.14 bits per heavy atom. The zero-order valence-electron chi connectivity index (χ0n) is 11.9. The number of rotatable bonds is 5. The van der Waals surface area contributed by atoms with Crippen molar-refractivity contribution in [2.45, 2.75) is 25.8 Å². The van der Waals surface area contributed by atoms with E-state index in [0.29, 0.717) is 0 Å². The van der Waals surface area contributed by atoms with Crippen LogP contribution in [0.4, 0.5) is 11.4 Å². The Labute approximate surface area is 124 Å². The highest BCUT2D eigenvalue weighted by Crippen LogP contribution is 2.27. The van der Waals surface area contributed by atoms with Crippen molar-refractivity contribution in [2.75, 3.05) is 10.6 Å². The molecule has 1 fully saturated rings. The zero-order valence-corrected chi connectivity index (χ0v) is 11.9. The van der Waals surface area contributed by atoms with Gasteiger partial charge in [0, 0.05) is 36.2 Å². The largest absolute Gasteiger partial charge is 0.381 e. The lowest BCUT2D eigenvalue weighted by Crippen LogP contribution is -2.27. The lowest BCUT2D eigenvalue weighted by atomic mass is 9.85.